The molecule has 0 radical (unpaired) electrons. The lowest BCUT2D eigenvalue weighted by Crippen LogP contribution is -2.48. The largest absolute Gasteiger partial charge is 0.368 e. The van der Waals surface area contributed by atoms with Gasteiger partial charge in [0.05, 0.1) is 12.6 Å². The van der Waals surface area contributed by atoms with Gasteiger partial charge >= 0.3 is 0 Å². The molecule has 1 N–H and O–H groups in total. The first-order chi connectivity index (χ1) is 16.2. The van der Waals surface area contributed by atoms with Gasteiger partial charge in [0.1, 0.15) is 12.1 Å². The SMILES string of the molecule is CC(=O)N1CCN(c2ccc(Nc3cc(N4OCCC4c4ccccc4)ncn3)cc2)CC1. The fourth-order valence-electron chi connectivity index (χ4n) is 4.39. The number of nitrogens with one attached hydrogen (secondary N) is 1. The van der Waals surface area contributed by atoms with Crippen molar-refractivity contribution in [3.63, 3.8) is 0 Å². The Kier molecular flexibility index (Phi) is 6.08. The molecular formula is C25H28N6O2. The first-order valence-electron chi connectivity index (χ1n) is 11.3. The molecule has 2 saturated heterocycles. The molecule has 1 aromatic heterocycles. The van der Waals surface area contributed by atoms with Crippen LogP contribution in [-0.2, 0) is 9.63 Å². The Hall–Kier alpha value is -3.65. The van der Waals surface area contributed by atoms with Crippen LogP contribution >= 0.6 is 0 Å². The topological polar surface area (TPSA) is 73.8 Å². The normalized spacial score (nSPS) is 18.5. The van der Waals surface area contributed by atoms with Gasteiger partial charge in [-0.25, -0.2) is 15.0 Å². The average Bonchev–Trinajstić information content (AvgIpc) is 3.36. The van der Waals surface area contributed by atoms with Crippen molar-refractivity contribution in [2.75, 3.05) is 48.1 Å². The van der Waals surface area contributed by atoms with Gasteiger partial charge in [0.25, 0.3) is 0 Å². The second-order valence-corrected chi connectivity index (χ2v) is 8.30. The summed E-state index contributed by atoms with van der Waals surface area (Å²) in [6, 6.07) is 20.7. The first-order valence-corrected chi connectivity index (χ1v) is 11.3. The van der Waals surface area contributed by atoms with Gasteiger partial charge in [-0.2, -0.15) is 0 Å². The van der Waals surface area contributed by atoms with Crippen LogP contribution in [0.1, 0.15) is 24.9 Å². The molecule has 5 rings (SSSR count). The van der Waals surface area contributed by atoms with E-state index in [2.05, 4.69) is 44.5 Å². The molecule has 1 atom stereocenters. The van der Waals surface area contributed by atoms with Crippen LogP contribution in [0.25, 0.3) is 0 Å². The van der Waals surface area contributed by atoms with E-state index >= 15 is 0 Å². The second-order valence-electron chi connectivity index (χ2n) is 8.30. The molecule has 8 nitrogen and oxygen atoms in total. The molecule has 1 amide bonds. The Labute approximate surface area is 193 Å². The minimum absolute atomic E-state index is 0.136. The Bertz CT molecular complexity index is 1080. The molecule has 0 spiro atoms. The number of hydroxylamine groups is 1. The summed E-state index contributed by atoms with van der Waals surface area (Å²) in [5, 5.41) is 5.25. The maximum absolute atomic E-state index is 11.5. The van der Waals surface area contributed by atoms with Crippen molar-refractivity contribution >= 4 is 28.9 Å². The van der Waals surface area contributed by atoms with Crippen LogP contribution < -0.4 is 15.3 Å². The highest BCUT2D eigenvalue weighted by Gasteiger charge is 2.29. The number of hydrogen-bond acceptors (Lipinski definition) is 7. The lowest BCUT2D eigenvalue weighted by molar-refractivity contribution is -0.129. The molecule has 8 heteroatoms. The summed E-state index contributed by atoms with van der Waals surface area (Å²) in [6.45, 7) is 5.52. The smallest absolute Gasteiger partial charge is 0.219 e. The van der Waals surface area contributed by atoms with Crippen LogP contribution in [-0.4, -0.2) is 53.6 Å². The van der Waals surface area contributed by atoms with E-state index in [1.54, 1.807) is 13.3 Å². The maximum Gasteiger partial charge on any atom is 0.219 e. The second kappa shape index (κ2) is 9.46. The lowest BCUT2D eigenvalue weighted by Gasteiger charge is -2.35. The molecule has 2 fully saturated rings. The highest BCUT2D eigenvalue weighted by molar-refractivity contribution is 5.73. The Morgan fingerprint density at radius 3 is 2.48 bits per heavy atom. The van der Waals surface area contributed by atoms with Crippen LogP contribution in [0.3, 0.4) is 0 Å². The van der Waals surface area contributed by atoms with E-state index in [1.165, 1.54) is 5.56 Å². The van der Waals surface area contributed by atoms with Gasteiger partial charge in [-0.15, -0.1) is 0 Å². The maximum atomic E-state index is 11.5. The molecule has 33 heavy (non-hydrogen) atoms. The first kappa shape index (κ1) is 21.2. The predicted molar refractivity (Wildman–Crippen MR) is 128 cm³/mol. The molecule has 1 unspecified atom stereocenters. The van der Waals surface area contributed by atoms with Crippen molar-refractivity contribution in [3.05, 3.63) is 72.6 Å². The van der Waals surface area contributed by atoms with Crippen LogP contribution in [0.2, 0.25) is 0 Å². The molecule has 2 aliphatic rings. The number of hydrogen-bond donors (Lipinski definition) is 1. The Balaban J connectivity index is 1.25. The van der Waals surface area contributed by atoms with E-state index in [1.807, 2.05) is 46.4 Å². The summed E-state index contributed by atoms with van der Waals surface area (Å²) in [5.41, 5.74) is 3.32. The number of amides is 1. The van der Waals surface area contributed by atoms with E-state index in [4.69, 9.17) is 4.84 Å². The molecule has 0 saturated carbocycles. The third kappa shape index (κ3) is 4.75. The number of rotatable bonds is 5. The zero-order valence-electron chi connectivity index (χ0n) is 18.7. The molecule has 0 aliphatic carbocycles. The summed E-state index contributed by atoms with van der Waals surface area (Å²) in [7, 11) is 0. The quantitative estimate of drug-likeness (QED) is 0.642. The van der Waals surface area contributed by atoms with Crippen molar-refractivity contribution in [2.45, 2.75) is 19.4 Å². The highest BCUT2D eigenvalue weighted by atomic mass is 16.7. The number of anilines is 4. The van der Waals surface area contributed by atoms with Crippen molar-refractivity contribution in [2.24, 2.45) is 0 Å². The monoisotopic (exact) mass is 444 g/mol. The molecular weight excluding hydrogens is 416 g/mol. The zero-order valence-corrected chi connectivity index (χ0v) is 18.7. The number of benzene rings is 2. The minimum Gasteiger partial charge on any atom is -0.368 e. The molecule has 3 heterocycles. The fraction of sp³-hybridized carbons (Fsp3) is 0.320. The lowest BCUT2D eigenvalue weighted by atomic mass is 10.0. The predicted octanol–water partition coefficient (Wildman–Crippen LogP) is 3.77. The summed E-state index contributed by atoms with van der Waals surface area (Å²) < 4.78 is 0. The van der Waals surface area contributed by atoms with E-state index in [0.717, 1.165) is 49.8 Å². The zero-order chi connectivity index (χ0) is 22.6. The standard InChI is InChI=1S/C25H28N6O2/c1-19(32)29-12-14-30(15-13-29)22-9-7-21(8-10-22)28-24-17-25(27-18-26-24)31-23(11-16-33-31)20-5-3-2-4-6-20/h2-10,17-18,23H,11-16H2,1H3,(H,26,27,28). The van der Waals surface area contributed by atoms with Gasteiger partial charge in [0.2, 0.25) is 5.91 Å². The Morgan fingerprint density at radius 1 is 1.00 bits per heavy atom. The van der Waals surface area contributed by atoms with Crippen LogP contribution in [0.4, 0.5) is 23.0 Å². The van der Waals surface area contributed by atoms with Gasteiger partial charge in [0.15, 0.2) is 5.82 Å². The molecule has 2 aliphatic heterocycles. The summed E-state index contributed by atoms with van der Waals surface area (Å²) in [5.74, 6) is 1.59. The van der Waals surface area contributed by atoms with E-state index in [-0.39, 0.29) is 11.9 Å². The number of carbonyl (C=O) groups is 1. The number of piperazine rings is 1. The van der Waals surface area contributed by atoms with Gasteiger partial charge in [0, 0.05) is 57.0 Å². The van der Waals surface area contributed by atoms with Gasteiger partial charge in [-0.05, 0) is 29.8 Å². The average molecular weight is 445 g/mol. The number of carbonyl (C=O) groups excluding carboxylic acids is 1. The third-order valence-electron chi connectivity index (χ3n) is 6.20. The van der Waals surface area contributed by atoms with Crippen LogP contribution in [0, 0.1) is 0 Å². The van der Waals surface area contributed by atoms with Crippen LogP contribution in [0.5, 0.6) is 0 Å². The highest BCUT2D eigenvalue weighted by Crippen LogP contribution is 2.34. The van der Waals surface area contributed by atoms with Crippen LogP contribution in [0.15, 0.2) is 67.0 Å². The van der Waals surface area contributed by atoms with Gasteiger partial charge in [-0.3, -0.25) is 9.63 Å². The Morgan fingerprint density at radius 2 is 1.76 bits per heavy atom. The minimum atomic E-state index is 0.136. The van der Waals surface area contributed by atoms with E-state index in [0.29, 0.717) is 12.4 Å². The van der Waals surface area contributed by atoms with E-state index < -0.39 is 0 Å². The fourth-order valence-corrected chi connectivity index (χ4v) is 4.39. The molecule has 170 valence electrons. The summed E-state index contributed by atoms with van der Waals surface area (Å²) in [4.78, 5) is 30.5. The van der Waals surface area contributed by atoms with Crippen molar-refractivity contribution < 1.29 is 9.63 Å². The third-order valence-corrected chi connectivity index (χ3v) is 6.20. The molecule has 0 bridgehead atoms. The molecule has 2 aromatic carbocycles. The van der Waals surface area contributed by atoms with E-state index in [9.17, 15) is 4.79 Å². The van der Waals surface area contributed by atoms with Crippen molar-refractivity contribution in [1.29, 1.82) is 0 Å². The summed E-state index contributed by atoms with van der Waals surface area (Å²) in [6.07, 6.45) is 2.48. The van der Waals surface area contributed by atoms with Crippen molar-refractivity contribution in [1.82, 2.24) is 14.9 Å². The summed E-state index contributed by atoms with van der Waals surface area (Å²) >= 11 is 0. The number of nitrogens with zero attached hydrogens (tertiary/aromatic N) is 5. The van der Waals surface area contributed by atoms with Gasteiger partial charge in [-0.1, -0.05) is 30.3 Å². The van der Waals surface area contributed by atoms with Gasteiger partial charge < -0.3 is 15.1 Å². The van der Waals surface area contributed by atoms with Crippen molar-refractivity contribution in [3.8, 4) is 0 Å². The number of aromatic nitrogens is 2. The molecule has 3 aromatic rings.